The van der Waals surface area contributed by atoms with E-state index in [4.69, 9.17) is 9.47 Å². The molecule has 2 atom stereocenters. The molecular formula is C13H23NO3. The monoisotopic (exact) mass is 241 g/mol. The van der Waals surface area contributed by atoms with Crippen LogP contribution in [-0.2, 0) is 14.3 Å². The van der Waals surface area contributed by atoms with Crippen LogP contribution >= 0.6 is 0 Å². The maximum atomic E-state index is 11.9. The molecule has 0 spiro atoms. The van der Waals surface area contributed by atoms with Crippen molar-refractivity contribution in [3.8, 4) is 0 Å². The smallest absolute Gasteiger partial charge is 0.323 e. The lowest BCUT2D eigenvalue weighted by Crippen LogP contribution is -2.45. The molecule has 1 aliphatic rings. The Bertz CT molecular complexity index is 253. The Kier molecular flexibility index (Phi) is 6.89. The van der Waals surface area contributed by atoms with E-state index in [1.54, 1.807) is 7.11 Å². The molecule has 1 rings (SSSR count). The number of carbonyl (C=O) groups is 1. The number of nitrogens with one attached hydrogen (secondary N) is 1. The van der Waals surface area contributed by atoms with Gasteiger partial charge in [-0.05, 0) is 32.1 Å². The van der Waals surface area contributed by atoms with E-state index < -0.39 is 0 Å². The molecule has 1 N–H and O–H groups in total. The van der Waals surface area contributed by atoms with Gasteiger partial charge in [0, 0.05) is 13.7 Å². The van der Waals surface area contributed by atoms with Gasteiger partial charge in [-0.2, -0.15) is 0 Å². The van der Waals surface area contributed by atoms with E-state index in [0.29, 0.717) is 25.7 Å². The highest BCUT2D eigenvalue weighted by Crippen LogP contribution is 2.22. The summed E-state index contributed by atoms with van der Waals surface area (Å²) in [5, 5.41) is 3.24. The standard InChI is InChI=1S/C13H23NO3/c1-3-17-13(15)12(14-9-10-16-2)11-7-5-4-6-8-11/h4-5,11-12,14H,3,6-10H2,1-2H3. The topological polar surface area (TPSA) is 47.6 Å². The number of hydrogen-bond donors (Lipinski definition) is 1. The van der Waals surface area contributed by atoms with Gasteiger partial charge in [-0.3, -0.25) is 4.79 Å². The van der Waals surface area contributed by atoms with Crippen LogP contribution in [-0.4, -0.2) is 38.9 Å². The molecule has 4 nitrogen and oxygen atoms in total. The van der Waals surface area contributed by atoms with Crippen molar-refractivity contribution in [2.24, 2.45) is 5.92 Å². The summed E-state index contributed by atoms with van der Waals surface area (Å²) < 4.78 is 10.1. The van der Waals surface area contributed by atoms with Crippen molar-refractivity contribution in [2.75, 3.05) is 26.9 Å². The van der Waals surface area contributed by atoms with Crippen LogP contribution in [0.4, 0.5) is 0 Å². The minimum absolute atomic E-state index is 0.135. The van der Waals surface area contributed by atoms with E-state index in [0.717, 1.165) is 19.3 Å². The average molecular weight is 241 g/mol. The van der Waals surface area contributed by atoms with Gasteiger partial charge in [-0.25, -0.2) is 0 Å². The zero-order chi connectivity index (χ0) is 12.5. The summed E-state index contributed by atoms with van der Waals surface area (Å²) >= 11 is 0. The maximum absolute atomic E-state index is 11.9. The van der Waals surface area contributed by atoms with Gasteiger partial charge in [0.05, 0.1) is 13.2 Å². The van der Waals surface area contributed by atoms with Gasteiger partial charge in [0.15, 0.2) is 0 Å². The van der Waals surface area contributed by atoms with Crippen LogP contribution in [0.3, 0.4) is 0 Å². The van der Waals surface area contributed by atoms with Crippen LogP contribution in [0.2, 0.25) is 0 Å². The minimum atomic E-state index is -0.199. The highest BCUT2D eigenvalue weighted by atomic mass is 16.5. The molecule has 0 amide bonds. The van der Waals surface area contributed by atoms with Crippen molar-refractivity contribution in [1.29, 1.82) is 0 Å². The molecule has 0 aromatic rings. The molecule has 4 heteroatoms. The second-order valence-corrected chi connectivity index (χ2v) is 4.22. The summed E-state index contributed by atoms with van der Waals surface area (Å²) in [5.74, 6) is 0.208. The molecule has 0 radical (unpaired) electrons. The molecule has 1 aliphatic carbocycles. The number of allylic oxidation sites excluding steroid dienone is 2. The fourth-order valence-corrected chi connectivity index (χ4v) is 2.11. The molecule has 0 bridgehead atoms. The Balaban J connectivity index is 2.50. The summed E-state index contributed by atoms with van der Waals surface area (Å²) in [4.78, 5) is 11.9. The van der Waals surface area contributed by atoms with Crippen LogP contribution in [0.5, 0.6) is 0 Å². The Hall–Kier alpha value is -0.870. The quantitative estimate of drug-likeness (QED) is 0.417. The number of rotatable bonds is 7. The molecule has 0 fully saturated rings. The molecular weight excluding hydrogens is 218 g/mol. The van der Waals surface area contributed by atoms with E-state index in [1.165, 1.54) is 0 Å². The maximum Gasteiger partial charge on any atom is 0.323 e. The predicted molar refractivity (Wildman–Crippen MR) is 66.8 cm³/mol. The largest absolute Gasteiger partial charge is 0.465 e. The molecule has 0 saturated heterocycles. The third kappa shape index (κ3) is 4.88. The summed E-state index contributed by atoms with van der Waals surface area (Å²) in [6.45, 7) is 3.56. The Morgan fingerprint density at radius 1 is 1.53 bits per heavy atom. The zero-order valence-corrected chi connectivity index (χ0v) is 10.8. The van der Waals surface area contributed by atoms with Crippen LogP contribution < -0.4 is 5.32 Å². The van der Waals surface area contributed by atoms with Crippen molar-refractivity contribution in [3.05, 3.63) is 12.2 Å². The van der Waals surface area contributed by atoms with E-state index in [9.17, 15) is 4.79 Å². The lowest BCUT2D eigenvalue weighted by Gasteiger charge is -2.27. The average Bonchev–Trinajstić information content (AvgIpc) is 2.36. The summed E-state index contributed by atoms with van der Waals surface area (Å²) in [6.07, 6.45) is 7.36. The molecule has 17 heavy (non-hydrogen) atoms. The van der Waals surface area contributed by atoms with Gasteiger partial charge in [0.2, 0.25) is 0 Å². The van der Waals surface area contributed by atoms with Gasteiger partial charge >= 0.3 is 5.97 Å². The van der Waals surface area contributed by atoms with Crippen LogP contribution in [0.1, 0.15) is 26.2 Å². The zero-order valence-electron chi connectivity index (χ0n) is 10.8. The molecule has 0 aliphatic heterocycles. The first kappa shape index (κ1) is 14.2. The highest BCUT2D eigenvalue weighted by Gasteiger charge is 2.28. The lowest BCUT2D eigenvalue weighted by molar-refractivity contribution is -0.147. The van der Waals surface area contributed by atoms with Gasteiger partial charge < -0.3 is 14.8 Å². The van der Waals surface area contributed by atoms with E-state index in [2.05, 4.69) is 17.5 Å². The fraction of sp³-hybridized carbons (Fsp3) is 0.769. The second kappa shape index (κ2) is 8.25. The van der Waals surface area contributed by atoms with Crippen LogP contribution in [0.25, 0.3) is 0 Å². The number of esters is 1. The Morgan fingerprint density at radius 2 is 2.35 bits per heavy atom. The van der Waals surface area contributed by atoms with Crippen molar-refractivity contribution in [1.82, 2.24) is 5.32 Å². The van der Waals surface area contributed by atoms with Crippen molar-refractivity contribution < 1.29 is 14.3 Å². The predicted octanol–water partition coefficient (Wildman–Crippen LogP) is 1.51. The fourth-order valence-electron chi connectivity index (χ4n) is 2.11. The SMILES string of the molecule is CCOC(=O)C(NCCOC)C1CC=CCC1. The van der Waals surface area contributed by atoms with Gasteiger partial charge in [-0.15, -0.1) is 0 Å². The molecule has 0 heterocycles. The molecule has 0 aromatic heterocycles. The summed E-state index contributed by atoms with van der Waals surface area (Å²) in [5.41, 5.74) is 0. The third-order valence-corrected chi connectivity index (χ3v) is 2.99. The molecule has 2 unspecified atom stereocenters. The van der Waals surface area contributed by atoms with Gasteiger partial charge in [-0.1, -0.05) is 12.2 Å². The first-order valence-corrected chi connectivity index (χ1v) is 6.33. The molecule has 0 saturated carbocycles. The van der Waals surface area contributed by atoms with Crippen LogP contribution in [0.15, 0.2) is 12.2 Å². The number of carbonyl (C=O) groups excluding carboxylic acids is 1. The van der Waals surface area contributed by atoms with E-state index in [1.807, 2.05) is 6.92 Å². The molecule has 0 aromatic carbocycles. The number of methoxy groups -OCH3 is 1. The van der Waals surface area contributed by atoms with E-state index >= 15 is 0 Å². The second-order valence-electron chi connectivity index (χ2n) is 4.22. The van der Waals surface area contributed by atoms with E-state index in [-0.39, 0.29) is 12.0 Å². The minimum Gasteiger partial charge on any atom is -0.465 e. The van der Waals surface area contributed by atoms with Gasteiger partial charge in [0.1, 0.15) is 6.04 Å². The first-order valence-electron chi connectivity index (χ1n) is 6.33. The van der Waals surface area contributed by atoms with Crippen molar-refractivity contribution in [2.45, 2.75) is 32.2 Å². The van der Waals surface area contributed by atoms with Gasteiger partial charge in [0.25, 0.3) is 0 Å². The summed E-state index contributed by atoms with van der Waals surface area (Å²) in [7, 11) is 1.66. The normalized spacial score (nSPS) is 21.2. The first-order chi connectivity index (χ1) is 8.29. The molecule has 98 valence electrons. The third-order valence-electron chi connectivity index (χ3n) is 2.99. The Labute approximate surface area is 103 Å². The lowest BCUT2D eigenvalue weighted by atomic mass is 9.87. The highest BCUT2D eigenvalue weighted by molar-refractivity contribution is 5.76. The van der Waals surface area contributed by atoms with Crippen LogP contribution in [0, 0.1) is 5.92 Å². The summed E-state index contributed by atoms with van der Waals surface area (Å²) in [6, 6.07) is -0.199. The van der Waals surface area contributed by atoms with Crippen molar-refractivity contribution in [3.63, 3.8) is 0 Å². The van der Waals surface area contributed by atoms with Crippen molar-refractivity contribution >= 4 is 5.97 Å². The Morgan fingerprint density at radius 3 is 2.94 bits per heavy atom. The number of hydrogen-bond acceptors (Lipinski definition) is 4. The number of ether oxygens (including phenoxy) is 2.